The number of carbonyl (C=O) groups excluding carboxylic acids is 2. The van der Waals surface area contributed by atoms with E-state index in [1.807, 2.05) is 19.1 Å². The van der Waals surface area contributed by atoms with E-state index in [-0.39, 0.29) is 18.2 Å². The molecule has 108 valence electrons. The Morgan fingerprint density at radius 2 is 2.00 bits per heavy atom. The molecule has 8 heteroatoms. The van der Waals surface area contributed by atoms with Crippen LogP contribution in [-0.2, 0) is 9.59 Å². The van der Waals surface area contributed by atoms with Crippen molar-refractivity contribution in [2.75, 3.05) is 4.90 Å². The summed E-state index contributed by atoms with van der Waals surface area (Å²) in [6.45, 7) is 1.86. The Morgan fingerprint density at radius 1 is 1.29 bits per heavy atom. The number of imide groups is 1. The number of thioether (sulfide) groups is 1. The van der Waals surface area contributed by atoms with Crippen LogP contribution >= 0.6 is 45.7 Å². The van der Waals surface area contributed by atoms with E-state index in [4.69, 9.17) is 0 Å². The number of anilines is 1. The smallest absolute Gasteiger partial charge is 0.247 e. The van der Waals surface area contributed by atoms with Crippen molar-refractivity contribution in [2.24, 2.45) is 0 Å². The minimum Gasteiger partial charge on any atom is -0.274 e. The molecule has 0 aliphatic carbocycles. The Bertz CT molecular complexity index is 702. The van der Waals surface area contributed by atoms with Gasteiger partial charge in [0.1, 0.15) is 10.3 Å². The molecule has 2 heterocycles. The molecule has 1 saturated heterocycles. The normalized spacial score (nSPS) is 18.6. The molecular weight excluding hydrogens is 421 g/mol. The summed E-state index contributed by atoms with van der Waals surface area (Å²) >= 11 is 4.94. The van der Waals surface area contributed by atoms with Crippen LogP contribution in [0.3, 0.4) is 0 Å². The van der Waals surface area contributed by atoms with Crippen LogP contribution in [0.1, 0.15) is 11.4 Å². The highest BCUT2D eigenvalue weighted by molar-refractivity contribution is 14.1. The van der Waals surface area contributed by atoms with Gasteiger partial charge in [0.05, 0.1) is 5.69 Å². The molecule has 1 aliphatic rings. The van der Waals surface area contributed by atoms with Gasteiger partial charge in [-0.05, 0) is 53.8 Å². The van der Waals surface area contributed by atoms with Crippen LogP contribution in [-0.4, -0.2) is 27.3 Å². The van der Waals surface area contributed by atoms with Crippen molar-refractivity contribution in [3.8, 4) is 0 Å². The van der Waals surface area contributed by atoms with Crippen molar-refractivity contribution >= 4 is 63.2 Å². The number of halogens is 1. The predicted octanol–water partition coefficient (Wildman–Crippen LogP) is 2.88. The fraction of sp³-hybridized carbons (Fsp3) is 0.231. The van der Waals surface area contributed by atoms with E-state index < -0.39 is 5.25 Å². The number of hydrogen-bond acceptors (Lipinski definition) is 6. The Hall–Kier alpha value is -1.00. The number of aryl methyl sites for hydroxylation is 1. The van der Waals surface area contributed by atoms with E-state index in [1.54, 1.807) is 12.1 Å². The fourth-order valence-electron chi connectivity index (χ4n) is 2.01. The third kappa shape index (κ3) is 3.11. The maximum atomic E-state index is 12.5. The van der Waals surface area contributed by atoms with E-state index in [0.29, 0.717) is 5.69 Å². The van der Waals surface area contributed by atoms with Crippen LogP contribution in [0.2, 0.25) is 0 Å². The van der Waals surface area contributed by atoms with Gasteiger partial charge in [0.15, 0.2) is 4.34 Å². The first-order valence-electron chi connectivity index (χ1n) is 6.14. The molecule has 1 atom stereocenters. The Kier molecular flexibility index (Phi) is 4.27. The zero-order chi connectivity index (χ0) is 15.0. The van der Waals surface area contributed by atoms with Crippen molar-refractivity contribution in [3.05, 3.63) is 32.8 Å². The van der Waals surface area contributed by atoms with Gasteiger partial charge in [0.2, 0.25) is 11.8 Å². The topological polar surface area (TPSA) is 63.2 Å². The van der Waals surface area contributed by atoms with Crippen LogP contribution in [0, 0.1) is 10.5 Å². The molecule has 0 radical (unpaired) electrons. The van der Waals surface area contributed by atoms with Gasteiger partial charge >= 0.3 is 0 Å². The molecule has 0 N–H and O–H groups in total. The molecule has 0 unspecified atom stereocenters. The van der Waals surface area contributed by atoms with Gasteiger partial charge in [-0.25, -0.2) is 4.90 Å². The van der Waals surface area contributed by atoms with E-state index >= 15 is 0 Å². The first kappa shape index (κ1) is 14.9. The highest BCUT2D eigenvalue weighted by Crippen LogP contribution is 2.35. The second-order valence-electron chi connectivity index (χ2n) is 4.44. The second-order valence-corrected chi connectivity index (χ2v) is 8.32. The molecule has 1 aromatic carbocycles. The molecular formula is C13H10IN3O2S2. The van der Waals surface area contributed by atoms with E-state index in [9.17, 15) is 9.59 Å². The lowest BCUT2D eigenvalue weighted by atomic mass is 10.3. The van der Waals surface area contributed by atoms with Crippen LogP contribution in [0.25, 0.3) is 0 Å². The third-order valence-electron chi connectivity index (χ3n) is 2.94. The first-order valence-corrected chi connectivity index (χ1v) is 8.91. The maximum absolute atomic E-state index is 12.5. The lowest BCUT2D eigenvalue weighted by Crippen LogP contribution is -2.31. The van der Waals surface area contributed by atoms with Gasteiger partial charge in [-0.1, -0.05) is 23.1 Å². The van der Waals surface area contributed by atoms with Gasteiger partial charge in [-0.2, -0.15) is 0 Å². The van der Waals surface area contributed by atoms with Gasteiger partial charge < -0.3 is 0 Å². The average Bonchev–Trinajstić information content (AvgIpc) is 2.96. The standard InChI is InChI=1S/C13H10IN3O2S2/c1-7-15-16-13(20-7)21-10-6-11(18)17(12(10)19)9-4-2-8(14)3-5-9/h2-5,10H,6H2,1H3/t10-/m0/s1. The molecule has 2 amide bonds. The van der Waals surface area contributed by atoms with Gasteiger partial charge in [0.25, 0.3) is 0 Å². The number of aromatic nitrogens is 2. The molecule has 1 fully saturated rings. The summed E-state index contributed by atoms with van der Waals surface area (Å²) in [5.41, 5.74) is 0.627. The van der Waals surface area contributed by atoms with Crippen LogP contribution in [0.4, 0.5) is 5.69 Å². The largest absolute Gasteiger partial charge is 0.274 e. The highest BCUT2D eigenvalue weighted by atomic mass is 127. The molecule has 1 aliphatic heterocycles. The van der Waals surface area contributed by atoms with Crippen molar-refractivity contribution in [2.45, 2.75) is 22.9 Å². The second kappa shape index (κ2) is 6.01. The quantitative estimate of drug-likeness (QED) is 0.553. The van der Waals surface area contributed by atoms with Crippen LogP contribution in [0.15, 0.2) is 28.6 Å². The molecule has 5 nitrogen and oxygen atoms in total. The van der Waals surface area contributed by atoms with Gasteiger partial charge in [-0.15, -0.1) is 10.2 Å². The predicted molar refractivity (Wildman–Crippen MR) is 90.6 cm³/mol. The van der Waals surface area contributed by atoms with Crippen LogP contribution < -0.4 is 4.90 Å². The highest BCUT2D eigenvalue weighted by Gasteiger charge is 2.40. The molecule has 2 aromatic rings. The SMILES string of the molecule is Cc1nnc(S[C@H]2CC(=O)N(c3ccc(I)cc3)C2=O)s1. The summed E-state index contributed by atoms with van der Waals surface area (Å²) in [5, 5.41) is 8.36. The molecule has 3 rings (SSSR count). The number of benzene rings is 1. The Morgan fingerprint density at radius 3 is 2.62 bits per heavy atom. The summed E-state index contributed by atoms with van der Waals surface area (Å²) in [5.74, 6) is -0.348. The van der Waals surface area contributed by atoms with E-state index in [1.165, 1.54) is 28.0 Å². The number of nitrogens with zero attached hydrogens (tertiary/aromatic N) is 3. The summed E-state index contributed by atoms with van der Waals surface area (Å²) in [7, 11) is 0. The maximum Gasteiger partial charge on any atom is 0.247 e. The van der Waals surface area contributed by atoms with Crippen molar-refractivity contribution in [3.63, 3.8) is 0 Å². The minimum absolute atomic E-state index is 0.167. The Labute approximate surface area is 143 Å². The molecule has 1 aromatic heterocycles. The zero-order valence-corrected chi connectivity index (χ0v) is 14.7. The summed E-state index contributed by atoms with van der Waals surface area (Å²) < 4.78 is 1.79. The van der Waals surface area contributed by atoms with Gasteiger partial charge in [0, 0.05) is 9.99 Å². The summed E-state index contributed by atoms with van der Waals surface area (Å²) in [6.07, 6.45) is 0.202. The molecule has 0 spiro atoms. The lowest BCUT2D eigenvalue weighted by molar-refractivity contribution is -0.121. The summed E-state index contributed by atoms with van der Waals surface area (Å²) in [4.78, 5) is 25.8. The number of carbonyl (C=O) groups is 2. The van der Waals surface area contributed by atoms with Crippen molar-refractivity contribution < 1.29 is 9.59 Å². The Balaban J connectivity index is 1.80. The number of amides is 2. The first-order chi connectivity index (χ1) is 10.0. The number of rotatable bonds is 3. The molecule has 21 heavy (non-hydrogen) atoms. The third-order valence-corrected chi connectivity index (χ3v) is 5.77. The molecule has 0 saturated carbocycles. The number of hydrogen-bond donors (Lipinski definition) is 0. The molecule has 0 bridgehead atoms. The average molecular weight is 431 g/mol. The van der Waals surface area contributed by atoms with E-state index in [2.05, 4.69) is 32.8 Å². The monoisotopic (exact) mass is 431 g/mol. The van der Waals surface area contributed by atoms with E-state index in [0.717, 1.165) is 12.9 Å². The van der Waals surface area contributed by atoms with Crippen molar-refractivity contribution in [1.29, 1.82) is 0 Å². The zero-order valence-electron chi connectivity index (χ0n) is 10.9. The lowest BCUT2D eigenvalue weighted by Gasteiger charge is -2.14. The fourth-order valence-corrected chi connectivity index (χ4v) is 4.45. The van der Waals surface area contributed by atoms with Crippen LogP contribution in [0.5, 0.6) is 0 Å². The summed E-state index contributed by atoms with van der Waals surface area (Å²) in [6, 6.07) is 7.34. The minimum atomic E-state index is -0.413. The van der Waals surface area contributed by atoms with Crippen molar-refractivity contribution in [1.82, 2.24) is 10.2 Å². The van der Waals surface area contributed by atoms with Gasteiger partial charge in [-0.3, -0.25) is 9.59 Å².